The number of unbranched alkanes of at least 4 members (excludes halogenated alkanes) is 7. The van der Waals surface area contributed by atoms with Crippen molar-refractivity contribution in [3.8, 4) is 5.75 Å². The summed E-state index contributed by atoms with van der Waals surface area (Å²) in [5, 5.41) is 9.71. The predicted molar refractivity (Wildman–Crippen MR) is 77.7 cm³/mol. The van der Waals surface area contributed by atoms with Gasteiger partial charge in [-0.2, -0.15) is 0 Å². The van der Waals surface area contributed by atoms with E-state index in [0.29, 0.717) is 17.7 Å². The lowest BCUT2D eigenvalue weighted by molar-refractivity contribution is 0.420. The van der Waals surface area contributed by atoms with Gasteiger partial charge in [0.2, 0.25) is 0 Å². The van der Waals surface area contributed by atoms with Crippen LogP contribution in [0.25, 0.3) is 0 Å². The van der Waals surface area contributed by atoms with E-state index in [4.69, 9.17) is 4.42 Å². The highest BCUT2D eigenvalue weighted by atomic mass is 16.4. The first-order valence-corrected chi connectivity index (χ1v) is 7.47. The van der Waals surface area contributed by atoms with Crippen molar-refractivity contribution in [2.24, 2.45) is 0 Å². The third kappa shape index (κ3) is 5.95. The minimum absolute atomic E-state index is 0.0803. The molecule has 0 saturated heterocycles. The van der Waals surface area contributed by atoms with Crippen molar-refractivity contribution in [2.75, 3.05) is 0 Å². The van der Waals surface area contributed by atoms with E-state index in [1.807, 2.05) is 0 Å². The first kappa shape index (κ1) is 15.8. The molecule has 0 atom stereocenters. The Kier molecular flexibility index (Phi) is 7.31. The van der Waals surface area contributed by atoms with Crippen LogP contribution < -0.4 is 5.63 Å². The highest BCUT2D eigenvalue weighted by Gasteiger charge is 2.08. The number of rotatable bonds is 9. The van der Waals surface area contributed by atoms with Gasteiger partial charge in [-0.25, -0.2) is 4.79 Å². The largest absolute Gasteiger partial charge is 0.507 e. The Labute approximate surface area is 115 Å². The Morgan fingerprint density at radius 1 is 1.05 bits per heavy atom. The molecule has 1 aromatic heterocycles. The molecule has 0 unspecified atom stereocenters. The van der Waals surface area contributed by atoms with Gasteiger partial charge in [-0.15, -0.1) is 0 Å². The zero-order valence-corrected chi connectivity index (χ0v) is 12.2. The summed E-state index contributed by atoms with van der Waals surface area (Å²) in [6, 6.07) is 1.52. The SMILES string of the molecule is CCCCCCCCCCc1c(O)cc(C)oc1=O. The molecule has 0 spiro atoms. The molecule has 1 heterocycles. The third-order valence-corrected chi connectivity index (χ3v) is 3.43. The predicted octanol–water partition coefficient (Wildman–Crippen LogP) is 4.34. The van der Waals surface area contributed by atoms with Gasteiger partial charge >= 0.3 is 5.63 Å². The molecule has 0 radical (unpaired) electrons. The Balaban J connectivity index is 2.21. The third-order valence-electron chi connectivity index (χ3n) is 3.43. The van der Waals surface area contributed by atoms with Gasteiger partial charge in [0.05, 0.1) is 5.56 Å². The smallest absolute Gasteiger partial charge is 0.342 e. The fourth-order valence-electron chi connectivity index (χ4n) is 2.29. The van der Waals surface area contributed by atoms with Crippen LogP contribution >= 0.6 is 0 Å². The van der Waals surface area contributed by atoms with Crippen LogP contribution in [-0.4, -0.2) is 5.11 Å². The molecule has 3 heteroatoms. The second-order valence-electron chi connectivity index (χ2n) is 5.23. The van der Waals surface area contributed by atoms with Crippen molar-refractivity contribution >= 4 is 0 Å². The van der Waals surface area contributed by atoms with Crippen LogP contribution in [-0.2, 0) is 6.42 Å². The van der Waals surface area contributed by atoms with Crippen LogP contribution in [0.5, 0.6) is 5.75 Å². The normalized spacial score (nSPS) is 10.8. The van der Waals surface area contributed by atoms with E-state index in [0.717, 1.165) is 12.8 Å². The van der Waals surface area contributed by atoms with Gasteiger partial charge in [0.15, 0.2) is 0 Å². The second kappa shape index (κ2) is 8.78. The number of aryl methyl sites for hydroxylation is 1. The molecule has 0 aromatic carbocycles. The summed E-state index contributed by atoms with van der Waals surface area (Å²) in [7, 11) is 0. The lowest BCUT2D eigenvalue weighted by Crippen LogP contribution is -2.08. The first-order valence-electron chi connectivity index (χ1n) is 7.47. The lowest BCUT2D eigenvalue weighted by Gasteiger charge is -2.04. The van der Waals surface area contributed by atoms with E-state index in [-0.39, 0.29) is 11.4 Å². The maximum absolute atomic E-state index is 11.6. The zero-order valence-electron chi connectivity index (χ0n) is 12.2. The molecule has 0 fully saturated rings. The molecule has 0 saturated carbocycles. The van der Waals surface area contributed by atoms with Crippen LogP contribution in [0, 0.1) is 6.92 Å². The molecule has 0 aliphatic heterocycles. The Morgan fingerprint density at radius 2 is 1.63 bits per heavy atom. The van der Waals surface area contributed by atoms with Gasteiger partial charge in [0, 0.05) is 6.07 Å². The second-order valence-corrected chi connectivity index (χ2v) is 5.23. The quantitative estimate of drug-likeness (QED) is 0.676. The van der Waals surface area contributed by atoms with E-state index < -0.39 is 0 Å². The van der Waals surface area contributed by atoms with Crippen molar-refractivity contribution in [3.05, 3.63) is 27.8 Å². The van der Waals surface area contributed by atoms with E-state index in [2.05, 4.69) is 6.92 Å². The van der Waals surface area contributed by atoms with E-state index >= 15 is 0 Å². The summed E-state index contributed by atoms with van der Waals surface area (Å²) in [5.74, 6) is 0.541. The monoisotopic (exact) mass is 266 g/mol. The molecule has 1 aromatic rings. The minimum Gasteiger partial charge on any atom is -0.507 e. The van der Waals surface area contributed by atoms with Crippen LogP contribution in [0.3, 0.4) is 0 Å². The average molecular weight is 266 g/mol. The Morgan fingerprint density at radius 3 is 2.21 bits per heavy atom. The van der Waals surface area contributed by atoms with Crippen LogP contribution in [0.2, 0.25) is 0 Å². The summed E-state index contributed by atoms with van der Waals surface area (Å²) >= 11 is 0. The van der Waals surface area contributed by atoms with E-state index in [1.165, 1.54) is 44.6 Å². The fourth-order valence-corrected chi connectivity index (χ4v) is 2.29. The Bertz CT molecular complexity index is 420. The molecule has 0 amide bonds. The van der Waals surface area contributed by atoms with Gasteiger partial charge in [-0.1, -0.05) is 51.9 Å². The molecule has 1 rings (SSSR count). The molecule has 108 valence electrons. The molecule has 3 nitrogen and oxygen atoms in total. The van der Waals surface area contributed by atoms with Gasteiger partial charge in [0.25, 0.3) is 0 Å². The summed E-state index contributed by atoms with van der Waals surface area (Å²) in [6.07, 6.45) is 10.4. The fraction of sp³-hybridized carbons (Fsp3) is 0.688. The van der Waals surface area contributed by atoms with Crippen molar-refractivity contribution in [2.45, 2.75) is 71.6 Å². The van der Waals surface area contributed by atoms with E-state index in [9.17, 15) is 9.90 Å². The molecular formula is C16H26O3. The maximum Gasteiger partial charge on any atom is 0.342 e. The standard InChI is InChI=1S/C16H26O3/c1-3-4-5-6-7-8-9-10-11-14-15(17)12-13(2)19-16(14)18/h12,17H,3-11H2,1-2H3. The van der Waals surface area contributed by atoms with Crippen molar-refractivity contribution in [1.29, 1.82) is 0 Å². The molecule has 0 aliphatic carbocycles. The zero-order chi connectivity index (χ0) is 14.1. The number of aromatic hydroxyl groups is 1. The van der Waals surface area contributed by atoms with Crippen molar-refractivity contribution < 1.29 is 9.52 Å². The van der Waals surface area contributed by atoms with Crippen molar-refractivity contribution in [1.82, 2.24) is 0 Å². The van der Waals surface area contributed by atoms with Crippen molar-refractivity contribution in [3.63, 3.8) is 0 Å². The summed E-state index contributed by atoms with van der Waals surface area (Å²) in [6.45, 7) is 3.89. The van der Waals surface area contributed by atoms with Gasteiger partial charge in [0.1, 0.15) is 11.5 Å². The highest BCUT2D eigenvalue weighted by molar-refractivity contribution is 5.29. The van der Waals surface area contributed by atoms with Gasteiger partial charge in [-0.05, 0) is 19.8 Å². The molecule has 1 N–H and O–H groups in total. The Hall–Kier alpha value is -1.25. The van der Waals surface area contributed by atoms with Crippen LogP contribution in [0.1, 0.15) is 69.6 Å². The number of hydrogen-bond acceptors (Lipinski definition) is 3. The lowest BCUT2D eigenvalue weighted by atomic mass is 10.0. The summed E-state index contributed by atoms with van der Waals surface area (Å²) in [5.41, 5.74) is 0.0389. The maximum atomic E-state index is 11.6. The molecule has 0 bridgehead atoms. The first-order chi connectivity index (χ1) is 9.15. The van der Waals surface area contributed by atoms with Gasteiger partial charge < -0.3 is 9.52 Å². The van der Waals surface area contributed by atoms with Crippen LogP contribution in [0.15, 0.2) is 15.3 Å². The molecular weight excluding hydrogens is 240 g/mol. The van der Waals surface area contributed by atoms with Gasteiger partial charge in [-0.3, -0.25) is 0 Å². The molecule has 19 heavy (non-hydrogen) atoms. The average Bonchev–Trinajstić information content (AvgIpc) is 2.35. The topological polar surface area (TPSA) is 50.4 Å². The van der Waals surface area contributed by atoms with E-state index in [1.54, 1.807) is 6.92 Å². The van der Waals surface area contributed by atoms with Crippen LogP contribution in [0.4, 0.5) is 0 Å². The molecule has 0 aliphatic rings. The highest BCUT2D eigenvalue weighted by Crippen LogP contribution is 2.17. The number of hydrogen-bond donors (Lipinski definition) is 1. The summed E-state index contributed by atoms with van der Waals surface area (Å²) in [4.78, 5) is 11.6. The minimum atomic E-state index is -0.388. The summed E-state index contributed by atoms with van der Waals surface area (Å²) < 4.78 is 5.00.